The van der Waals surface area contributed by atoms with E-state index >= 15 is 0 Å². The molecule has 0 atom stereocenters. The second-order valence-corrected chi connectivity index (χ2v) is 7.31. The first-order valence-corrected chi connectivity index (χ1v) is 9.34. The molecule has 5 nitrogen and oxygen atoms in total. The van der Waals surface area contributed by atoms with Crippen molar-refractivity contribution in [1.29, 1.82) is 0 Å². The molecule has 2 aromatic rings. The van der Waals surface area contributed by atoms with Crippen LogP contribution in [-0.2, 0) is 14.3 Å². The SMILES string of the molecule is COCCN1C(=O)C(Nc2cc(C)cc(C)c2)=C(c2ccc(C)c(C)c2)C1=O. The predicted molar refractivity (Wildman–Crippen MR) is 111 cm³/mol. The van der Waals surface area contributed by atoms with Crippen molar-refractivity contribution < 1.29 is 14.3 Å². The first-order chi connectivity index (χ1) is 13.3. The van der Waals surface area contributed by atoms with Crippen LogP contribution in [-0.4, -0.2) is 37.0 Å². The van der Waals surface area contributed by atoms with E-state index in [9.17, 15) is 9.59 Å². The topological polar surface area (TPSA) is 58.6 Å². The molecule has 0 aromatic heterocycles. The van der Waals surface area contributed by atoms with Crippen molar-refractivity contribution in [3.63, 3.8) is 0 Å². The first kappa shape index (κ1) is 19.8. The second-order valence-electron chi connectivity index (χ2n) is 7.31. The van der Waals surface area contributed by atoms with Crippen LogP contribution in [0.4, 0.5) is 5.69 Å². The number of hydrogen-bond donors (Lipinski definition) is 1. The van der Waals surface area contributed by atoms with Gasteiger partial charge in [-0.3, -0.25) is 14.5 Å². The number of aryl methyl sites for hydroxylation is 4. The van der Waals surface area contributed by atoms with Crippen molar-refractivity contribution in [1.82, 2.24) is 4.90 Å². The molecule has 0 fully saturated rings. The van der Waals surface area contributed by atoms with Gasteiger partial charge in [0, 0.05) is 12.8 Å². The number of imide groups is 1. The molecule has 146 valence electrons. The minimum Gasteiger partial charge on any atom is -0.383 e. The first-order valence-electron chi connectivity index (χ1n) is 9.34. The largest absolute Gasteiger partial charge is 0.383 e. The van der Waals surface area contributed by atoms with Gasteiger partial charge in [-0.15, -0.1) is 0 Å². The number of nitrogens with zero attached hydrogens (tertiary/aromatic N) is 1. The molecule has 5 heteroatoms. The Balaban J connectivity index is 2.09. The Labute approximate surface area is 166 Å². The van der Waals surface area contributed by atoms with E-state index in [0.717, 1.165) is 33.5 Å². The number of carbonyl (C=O) groups excluding carboxylic acids is 2. The summed E-state index contributed by atoms with van der Waals surface area (Å²) < 4.78 is 5.08. The van der Waals surface area contributed by atoms with E-state index < -0.39 is 0 Å². The quantitative estimate of drug-likeness (QED) is 0.778. The zero-order valence-electron chi connectivity index (χ0n) is 17.1. The number of ether oxygens (including phenoxy) is 1. The molecule has 1 aliphatic rings. The fraction of sp³-hybridized carbons (Fsp3) is 0.304. The molecule has 1 aliphatic heterocycles. The van der Waals surface area contributed by atoms with Crippen molar-refractivity contribution in [2.75, 3.05) is 25.6 Å². The van der Waals surface area contributed by atoms with Crippen LogP contribution in [0.5, 0.6) is 0 Å². The van der Waals surface area contributed by atoms with Crippen LogP contribution in [0.15, 0.2) is 42.1 Å². The van der Waals surface area contributed by atoms with Crippen LogP contribution in [0.25, 0.3) is 5.57 Å². The number of rotatable bonds is 6. The average Bonchev–Trinajstić information content (AvgIpc) is 2.85. The monoisotopic (exact) mass is 378 g/mol. The van der Waals surface area contributed by atoms with Gasteiger partial charge in [0.1, 0.15) is 5.70 Å². The van der Waals surface area contributed by atoms with Crippen LogP contribution >= 0.6 is 0 Å². The van der Waals surface area contributed by atoms with Gasteiger partial charge in [0.15, 0.2) is 0 Å². The maximum Gasteiger partial charge on any atom is 0.278 e. The van der Waals surface area contributed by atoms with Crippen molar-refractivity contribution >= 4 is 23.1 Å². The van der Waals surface area contributed by atoms with E-state index in [1.54, 1.807) is 7.11 Å². The van der Waals surface area contributed by atoms with Gasteiger partial charge < -0.3 is 10.1 Å². The molecule has 1 N–H and O–H groups in total. The lowest BCUT2D eigenvalue weighted by Crippen LogP contribution is -2.35. The highest BCUT2D eigenvalue weighted by atomic mass is 16.5. The molecule has 0 bridgehead atoms. The molecule has 0 aliphatic carbocycles. The second kappa shape index (κ2) is 7.98. The summed E-state index contributed by atoms with van der Waals surface area (Å²) in [7, 11) is 1.55. The minimum atomic E-state index is -0.325. The van der Waals surface area contributed by atoms with Gasteiger partial charge in [0.2, 0.25) is 0 Å². The normalized spacial score (nSPS) is 14.2. The van der Waals surface area contributed by atoms with E-state index in [1.165, 1.54) is 4.90 Å². The van der Waals surface area contributed by atoms with Gasteiger partial charge in [-0.1, -0.05) is 24.3 Å². The van der Waals surface area contributed by atoms with E-state index in [-0.39, 0.29) is 18.4 Å². The average molecular weight is 378 g/mol. The number of amides is 2. The number of carbonyl (C=O) groups is 2. The van der Waals surface area contributed by atoms with Crippen LogP contribution in [0, 0.1) is 27.7 Å². The van der Waals surface area contributed by atoms with Gasteiger partial charge in [0.25, 0.3) is 11.8 Å². The Morgan fingerprint density at radius 2 is 1.57 bits per heavy atom. The molecule has 2 amide bonds. The summed E-state index contributed by atoms with van der Waals surface area (Å²) >= 11 is 0. The molecule has 2 aromatic carbocycles. The summed E-state index contributed by atoms with van der Waals surface area (Å²) in [6, 6.07) is 11.8. The minimum absolute atomic E-state index is 0.223. The fourth-order valence-electron chi connectivity index (χ4n) is 3.43. The Bertz CT molecular complexity index is 956. The summed E-state index contributed by atoms with van der Waals surface area (Å²) in [5, 5.41) is 3.22. The summed E-state index contributed by atoms with van der Waals surface area (Å²) in [4.78, 5) is 27.4. The van der Waals surface area contributed by atoms with Crippen molar-refractivity contribution in [2.24, 2.45) is 0 Å². The van der Waals surface area contributed by atoms with Crippen LogP contribution in [0.1, 0.15) is 27.8 Å². The third-order valence-electron chi connectivity index (χ3n) is 4.97. The van der Waals surface area contributed by atoms with Gasteiger partial charge in [0.05, 0.1) is 18.7 Å². The maximum atomic E-state index is 13.1. The highest BCUT2D eigenvalue weighted by Crippen LogP contribution is 2.31. The molecule has 28 heavy (non-hydrogen) atoms. The third kappa shape index (κ3) is 3.85. The zero-order chi connectivity index (χ0) is 20.4. The fourth-order valence-corrected chi connectivity index (χ4v) is 3.43. The van der Waals surface area contributed by atoms with Crippen LogP contribution in [0.2, 0.25) is 0 Å². The van der Waals surface area contributed by atoms with E-state index in [2.05, 4.69) is 11.4 Å². The predicted octanol–water partition coefficient (Wildman–Crippen LogP) is 3.76. The number of benzene rings is 2. The Morgan fingerprint density at radius 1 is 0.893 bits per heavy atom. The van der Waals surface area contributed by atoms with Crippen molar-refractivity contribution in [2.45, 2.75) is 27.7 Å². The Morgan fingerprint density at radius 3 is 2.18 bits per heavy atom. The Kier molecular flexibility index (Phi) is 5.66. The molecule has 1 heterocycles. The summed E-state index contributed by atoms with van der Waals surface area (Å²) in [6.45, 7) is 8.55. The summed E-state index contributed by atoms with van der Waals surface area (Å²) in [5.74, 6) is -0.619. The number of nitrogens with one attached hydrogen (secondary N) is 1. The number of methoxy groups -OCH3 is 1. The van der Waals surface area contributed by atoms with Crippen LogP contribution in [0.3, 0.4) is 0 Å². The summed E-state index contributed by atoms with van der Waals surface area (Å²) in [6.07, 6.45) is 0. The van der Waals surface area contributed by atoms with Gasteiger partial charge in [-0.05, 0) is 67.6 Å². The Hall–Kier alpha value is -2.92. The van der Waals surface area contributed by atoms with Gasteiger partial charge >= 0.3 is 0 Å². The molecule has 0 saturated heterocycles. The molecular formula is C23H26N2O3. The molecule has 3 rings (SSSR count). The molecule has 0 unspecified atom stereocenters. The van der Waals surface area contributed by atoms with E-state index in [1.807, 2.05) is 58.0 Å². The number of hydrogen-bond acceptors (Lipinski definition) is 4. The molecule has 0 radical (unpaired) electrons. The van der Waals surface area contributed by atoms with Crippen LogP contribution < -0.4 is 5.32 Å². The van der Waals surface area contributed by atoms with Gasteiger partial charge in [-0.25, -0.2) is 0 Å². The molecular weight excluding hydrogens is 352 g/mol. The van der Waals surface area contributed by atoms with Crippen molar-refractivity contribution in [3.05, 3.63) is 69.9 Å². The van der Waals surface area contributed by atoms with Crippen molar-refractivity contribution in [3.8, 4) is 0 Å². The van der Waals surface area contributed by atoms with E-state index in [4.69, 9.17) is 4.74 Å². The maximum absolute atomic E-state index is 13.1. The third-order valence-corrected chi connectivity index (χ3v) is 4.97. The zero-order valence-corrected chi connectivity index (χ0v) is 17.1. The van der Waals surface area contributed by atoms with Gasteiger partial charge in [-0.2, -0.15) is 0 Å². The standard InChI is InChI=1S/C23H26N2O3/c1-14-10-15(2)12-19(11-14)24-21-20(18-7-6-16(3)17(4)13-18)22(26)25(23(21)27)8-9-28-5/h6-7,10-13,24H,8-9H2,1-5H3. The summed E-state index contributed by atoms with van der Waals surface area (Å²) in [5.41, 5.74) is 6.65. The lowest BCUT2D eigenvalue weighted by Gasteiger charge is -2.14. The highest BCUT2D eigenvalue weighted by Gasteiger charge is 2.39. The smallest absolute Gasteiger partial charge is 0.278 e. The number of anilines is 1. The lowest BCUT2D eigenvalue weighted by atomic mass is 9.99. The molecule has 0 spiro atoms. The lowest BCUT2D eigenvalue weighted by molar-refractivity contribution is -0.137. The van der Waals surface area contributed by atoms with E-state index in [0.29, 0.717) is 17.9 Å². The highest BCUT2D eigenvalue weighted by molar-refractivity contribution is 6.36. The molecule has 0 saturated carbocycles.